The highest BCUT2D eigenvalue weighted by molar-refractivity contribution is 8.01. The predicted molar refractivity (Wildman–Crippen MR) is 36.5 cm³/mol. The Hall–Kier alpha value is -0.0200. The third kappa shape index (κ3) is 0.581. The second kappa shape index (κ2) is 1.74. The van der Waals surface area contributed by atoms with Gasteiger partial charge in [-0.2, -0.15) is 0 Å². The van der Waals surface area contributed by atoms with E-state index in [1.165, 1.54) is 22.1 Å². The maximum atomic E-state index is 4.19. The topological polar surface area (TPSA) is 12.9 Å². The molecule has 0 aromatic carbocycles. The summed E-state index contributed by atoms with van der Waals surface area (Å²) in [7, 11) is 0. The molecular weight excluding hydrogens is 138 g/mol. The molecule has 0 amide bonds. The van der Waals surface area contributed by atoms with Crippen LogP contribution >= 0.6 is 23.1 Å². The number of rotatable bonds is 0. The van der Waals surface area contributed by atoms with Crippen molar-refractivity contribution in [3.05, 3.63) is 11.2 Å². The van der Waals surface area contributed by atoms with Crippen LogP contribution in [-0.4, -0.2) is 10.7 Å². The fourth-order valence-corrected chi connectivity index (χ4v) is 2.80. The Labute approximate surface area is 56.1 Å². The molecule has 0 atom stereocenters. The van der Waals surface area contributed by atoms with Crippen molar-refractivity contribution < 1.29 is 0 Å². The highest BCUT2D eigenvalue weighted by Crippen LogP contribution is 2.33. The van der Waals surface area contributed by atoms with E-state index in [1.807, 2.05) is 17.3 Å². The molecule has 0 saturated carbocycles. The molecule has 1 aliphatic rings. The Morgan fingerprint density at radius 1 is 1.62 bits per heavy atom. The third-order valence-corrected chi connectivity index (χ3v) is 3.38. The minimum Gasteiger partial charge on any atom is -0.248 e. The van der Waals surface area contributed by atoms with Crippen molar-refractivity contribution >= 4 is 23.1 Å². The van der Waals surface area contributed by atoms with Crippen molar-refractivity contribution in [2.75, 3.05) is 5.75 Å². The summed E-state index contributed by atoms with van der Waals surface area (Å²) in [5, 5.41) is 0. The summed E-state index contributed by atoms with van der Waals surface area (Å²) < 4.78 is 1.44. The first kappa shape index (κ1) is 4.82. The second-order valence-electron chi connectivity index (χ2n) is 1.68. The number of thioether (sulfide) groups is 1. The van der Waals surface area contributed by atoms with Gasteiger partial charge in [-0.3, -0.25) is 0 Å². The van der Waals surface area contributed by atoms with E-state index in [1.54, 1.807) is 11.3 Å². The van der Waals surface area contributed by atoms with Crippen LogP contribution in [0.4, 0.5) is 0 Å². The lowest BCUT2D eigenvalue weighted by molar-refractivity contribution is 1.07. The van der Waals surface area contributed by atoms with Gasteiger partial charge in [0.1, 0.15) is 0 Å². The molecule has 0 unspecified atom stereocenters. The SMILES string of the molecule is c1nc2c(s1)SCC2. The van der Waals surface area contributed by atoms with Gasteiger partial charge in [0.25, 0.3) is 0 Å². The number of fused-ring (bicyclic) bond motifs is 1. The summed E-state index contributed by atoms with van der Waals surface area (Å²) in [6.07, 6.45) is 1.18. The number of hydrogen-bond acceptors (Lipinski definition) is 3. The summed E-state index contributed by atoms with van der Waals surface area (Å²) in [5.41, 5.74) is 3.25. The molecule has 0 radical (unpaired) electrons. The molecule has 0 bridgehead atoms. The van der Waals surface area contributed by atoms with E-state index >= 15 is 0 Å². The standard InChI is InChI=1S/C5H5NS2/c1-2-7-5-4(1)6-3-8-5/h3H,1-2H2. The quantitative estimate of drug-likeness (QED) is 0.549. The first-order valence-electron chi connectivity index (χ1n) is 2.52. The van der Waals surface area contributed by atoms with Crippen LogP contribution in [0.2, 0.25) is 0 Å². The van der Waals surface area contributed by atoms with E-state index in [-0.39, 0.29) is 0 Å². The fraction of sp³-hybridized carbons (Fsp3) is 0.400. The molecule has 0 aliphatic carbocycles. The zero-order valence-corrected chi connectivity index (χ0v) is 5.89. The Kier molecular flexibility index (Phi) is 1.05. The number of aromatic nitrogens is 1. The van der Waals surface area contributed by atoms with Gasteiger partial charge in [-0.25, -0.2) is 4.98 Å². The maximum Gasteiger partial charge on any atom is 0.0830 e. The van der Waals surface area contributed by atoms with Crippen molar-refractivity contribution in [3.8, 4) is 0 Å². The lowest BCUT2D eigenvalue weighted by Crippen LogP contribution is -1.77. The van der Waals surface area contributed by atoms with Crippen LogP contribution in [0.5, 0.6) is 0 Å². The van der Waals surface area contributed by atoms with Gasteiger partial charge in [-0.1, -0.05) is 0 Å². The predicted octanol–water partition coefficient (Wildman–Crippen LogP) is 1.79. The molecule has 0 saturated heterocycles. The van der Waals surface area contributed by atoms with E-state index in [9.17, 15) is 0 Å². The van der Waals surface area contributed by atoms with E-state index in [0.717, 1.165) is 0 Å². The fourth-order valence-electron chi connectivity index (χ4n) is 0.783. The maximum absolute atomic E-state index is 4.19. The normalized spacial score (nSPS) is 16.5. The summed E-state index contributed by atoms with van der Waals surface area (Å²) in [5.74, 6) is 1.25. The van der Waals surface area contributed by atoms with Gasteiger partial charge in [0.05, 0.1) is 15.4 Å². The molecule has 0 N–H and O–H groups in total. The van der Waals surface area contributed by atoms with Gasteiger partial charge in [-0.15, -0.1) is 23.1 Å². The van der Waals surface area contributed by atoms with Gasteiger partial charge >= 0.3 is 0 Å². The monoisotopic (exact) mass is 143 g/mol. The van der Waals surface area contributed by atoms with Gasteiger partial charge in [0.15, 0.2) is 0 Å². The molecule has 1 aromatic rings. The zero-order valence-electron chi connectivity index (χ0n) is 4.26. The summed E-state index contributed by atoms with van der Waals surface area (Å²) >= 11 is 3.69. The number of aryl methyl sites for hydroxylation is 1. The van der Waals surface area contributed by atoms with Crippen LogP contribution in [0.25, 0.3) is 0 Å². The van der Waals surface area contributed by atoms with Gasteiger partial charge in [0, 0.05) is 12.2 Å². The smallest absolute Gasteiger partial charge is 0.0830 e. The minimum absolute atomic E-state index is 1.18. The second-order valence-corrected chi connectivity index (χ2v) is 3.90. The van der Waals surface area contributed by atoms with Crippen LogP contribution in [0, 0.1) is 0 Å². The summed E-state index contributed by atoms with van der Waals surface area (Å²) in [6, 6.07) is 0. The molecule has 42 valence electrons. The van der Waals surface area contributed by atoms with E-state index < -0.39 is 0 Å². The molecule has 1 aromatic heterocycles. The van der Waals surface area contributed by atoms with Crippen molar-refractivity contribution in [1.82, 2.24) is 4.98 Å². The van der Waals surface area contributed by atoms with Crippen LogP contribution in [0.15, 0.2) is 9.72 Å². The molecule has 1 aliphatic heterocycles. The molecule has 8 heavy (non-hydrogen) atoms. The zero-order chi connectivity index (χ0) is 5.40. The van der Waals surface area contributed by atoms with Crippen molar-refractivity contribution in [2.45, 2.75) is 10.6 Å². The largest absolute Gasteiger partial charge is 0.248 e. The molecule has 2 rings (SSSR count). The Morgan fingerprint density at radius 3 is 3.50 bits per heavy atom. The van der Waals surface area contributed by atoms with Crippen LogP contribution in [0.1, 0.15) is 5.69 Å². The minimum atomic E-state index is 1.18. The average Bonchev–Trinajstić information content (AvgIpc) is 2.15. The third-order valence-electron chi connectivity index (χ3n) is 1.18. The lowest BCUT2D eigenvalue weighted by atomic mass is 10.4. The van der Waals surface area contributed by atoms with Crippen molar-refractivity contribution in [1.29, 1.82) is 0 Å². The molecule has 2 heterocycles. The lowest BCUT2D eigenvalue weighted by Gasteiger charge is -1.76. The van der Waals surface area contributed by atoms with E-state index in [0.29, 0.717) is 0 Å². The number of hydrogen-bond donors (Lipinski definition) is 0. The van der Waals surface area contributed by atoms with Crippen LogP contribution in [0.3, 0.4) is 0 Å². The van der Waals surface area contributed by atoms with Gasteiger partial charge < -0.3 is 0 Å². The van der Waals surface area contributed by atoms with Crippen LogP contribution < -0.4 is 0 Å². The van der Waals surface area contributed by atoms with Crippen LogP contribution in [-0.2, 0) is 6.42 Å². The van der Waals surface area contributed by atoms with Gasteiger partial charge in [0.2, 0.25) is 0 Å². The molecule has 3 heteroatoms. The highest BCUT2D eigenvalue weighted by Gasteiger charge is 2.12. The Balaban J connectivity index is 2.54. The average molecular weight is 143 g/mol. The first-order valence-corrected chi connectivity index (χ1v) is 4.38. The Morgan fingerprint density at radius 2 is 2.62 bits per heavy atom. The number of thiazole rings is 1. The van der Waals surface area contributed by atoms with Crippen molar-refractivity contribution in [2.24, 2.45) is 0 Å². The molecule has 0 spiro atoms. The summed E-state index contributed by atoms with van der Waals surface area (Å²) in [4.78, 5) is 4.19. The molecule has 1 nitrogen and oxygen atoms in total. The molecule has 0 fully saturated rings. The highest BCUT2D eigenvalue weighted by atomic mass is 32.2. The molecular formula is C5H5NS2. The summed E-state index contributed by atoms with van der Waals surface area (Å²) in [6.45, 7) is 0. The number of nitrogens with zero attached hydrogens (tertiary/aromatic N) is 1. The first-order chi connectivity index (χ1) is 3.97. The van der Waals surface area contributed by atoms with E-state index in [4.69, 9.17) is 0 Å². The van der Waals surface area contributed by atoms with E-state index in [2.05, 4.69) is 4.98 Å². The Bertz CT molecular complexity index is 176. The van der Waals surface area contributed by atoms with Crippen molar-refractivity contribution in [3.63, 3.8) is 0 Å². The van der Waals surface area contributed by atoms with Gasteiger partial charge in [-0.05, 0) is 0 Å².